The summed E-state index contributed by atoms with van der Waals surface area (Å²) < 4.78 is 52.1. The summed E-state index contributed by atoms with van der Waals surface area (Å²) in [5, 5.41) is 30.4. The largest absolute Gasteiger partial charge is 0.494 e. The second-order valence-electron chi connectivity index (χ2n) is 12.0. The van der Waals surface area contributed by atoms with E-state index in [1.54, 1.807) is 6.07 Å². The van der Waals surface area contributed by atoms with Crippen LogP contribution in [0.15, 0.2) is 60.8 Å². The molecule has 1 atom stereocenters. The topological polar surface area (TPSA) is 110 Å². The second-order valence-corrected chi connectivity index (χ2v) is 12.8. The third-order valence-corrected chi connectivity index (χ3v) is 8.99. The molecule has 8 nitrogen and oxygen atoms in total. The van der Waals surface area contributed by atoms with Crippen molar-refractivity contribution >= 4 is 40.0 Å². The first-order chi connectivity index (χ1) is 22.2. The molecule has 0 unspecified atom stereocenters. The minimum absolute atomic E-state index is 0.0356. The van der Waals surface area contributed by atoms with Gasteiger partial charge in [-0.25, -0.2) is 18.2 Å². The van der Waals surface area contributed by atoms with Gasteiger partial charge in [-0.05, 0) is 74.7 Å². The quantitative estimate of drug-likeness (QED) is 0.144. The maximum absolute atomic E-state index is 16.0. The predicted molar refractivity (Wildman–Crippen MR) is 171 cm³/mol. The van der Waals surface area contributed by atoms with E-state index in [1.165, 1.54) is 39.2 Å². The van der Waals surface area contributed by atoms with Crippen LogP contribution in [0.3, 0.4) is 0 Å². The van der Waals surface area contributed by atoms with Crippen LogP contribution in [0, 0.1) is 17.5 Å². The Morgan fingerprint density at radius 3 is 2.47 bits per heavy atom. The van der Waals surface area contributed by atoms with Gasteiger partial charge in [0, 0.05) is 28.3 Å². The van der Waals surface area contributed by atoms with Gasteiger partial charge in [0.05, 0.1) is 41.0 Å². The molecule has 2 aromatic heterocycles. The van der Waals surface area contributed by atoms with Crippen molar-refractivity contribution in [2.24, 2.45) is 0 Å². The van der Waals surface area contributed by atoms with E-state index in [9.17, 15) is 23.8 Å². The molecular formula is C34H29Cl2F3N4O4. The van der Waals surface area contributed by atoms with Crippen molar-refractivity contribution in [3.63, 3.8) is 0 Å². The first kappa shape index (κ1) is 32.8. The fourth-order valence-corrected chi connectivity index (χ4v) is 5.81. The summed E-state index contributed by atoms with van der Waals surface area (Å²) in [7, 11) is 1.47. The van der Waals surface area contributed by atoms with Gasteiger partial charge >= 0.3 is 0 Å². The molecule has 47 heavy (non-hydrogen) atoms. The number of nitrogens with zero attached hydrogens (tertiary/aromatic N) is 3. The Morgan fingerprint density at radius 1 is 1.06 bits per heavy atom. The van der Waals surface area contributed by atoms with Gasteiger partial charge in [-0.1, -0.05) is 35.3 Å². The fraction of sp³-hybridized carbons (Fsp3) is 0.265. The summed E-state index contributed by atoms with van der Waals surface area (Å²) >= 11 is 12.3. The molecule has 3 N–H and O–H groups in total. The lowest BCUT2D eigenvalue weighted by atomic mass is 9.86. The molecule has 3 aromatic carbocycles. The monoisotopic (exact) mass is 684 g/mol. The molecule has 0 bridgehead atoms. The number of rotatable bonds is 9. The normalized spacial score (nSPS) is 14.7. The SMILES string of the molecule is COc1cc(C(=O)NC[C@@](O)(c2cccc(F)c2)c2cc(C(C)(C)O)c(F)c(-c3ccc(F)c(Cl)c3Cl)n2)cc2cn(C3CC3)nc12. The van der Waals surface area contributed by atoms with Crippen LogP contribution in [0.25, 0.3) is 22.2 Å². The van der Waals surface area contributed by atoms with Crippen molar-refractivity contribution in [2.45, 2.75) is 43.9 Å². The highest BCUT2D eigenvalue weighted by Gasteiger charge is 2.38. The summed E-state index contributed by atoms with van der Waals surface area (Å²) in [6.07, 6.45) is 3.86. The molecule has 1 aliphatic rings. The molecule has 1 fully saturated rings. The molecule has 0 radical (unpaired) electrons. The Kier molecular flexibility index (Phi) is 8.46. The van der Waals surface area contributed by atoms with Crippen molar-refractivity contribution in [3.05, 3.63) is 111 Å². The van der Waals surface area contributed by atoms with Crippen molar-refractivity contribution in [3.8, 4) is 17.0 Å². The third kappa shape index (κ3) is 6.16. The Hall–Kier alpha value is -4.16. The number of halogens is 5. The number of hydrogen-bond acceptors (Lipinski definition) is 6. The zero-order valence-electron chi connectivity index (χ0n) is 25.4. The maximum atomic E-state index is 16.0. The molecule has 1 aliphatic carbocycles. The number of ether oxygens (including phenoxy) is 1. The van der Waals surface area contributed by atoms with E-state index >= 15 is 4.39 Å². The molecule has 5 aromatic rings. The van der Waals surface area contributed by atoms with Gasteiger partial charge in [0.15, 0.2) is 5.82 Å². The highest BCUT2D eigenvalue weighted by molar-refractivity contribution is 6.43. The number of aliphatic hydroxyl groups is 2. The van der Waals surface area contributed by atoms with Crippen LogP contribution in [0.5, 0.6) is 5.75 Å². The molecule has 1 saturated carbocycles. The number of amides is 1. The van der Waals surface area contributed by atoms with E-state index in [0.717, 1.165) is 43.2 Å². The molecule has 13 heteroatoms. The number of hydrogen-bond donors (Lipinski definition) is 3. The highest BCUT2D eigenvalue weighted by atomic mass is 35.5. The van der Waals surface area contributed by atoms with Crippen LogP contribution in [-0.4, -0.2) is 44.5 Å². The van der Waals surface area contributed by atoms with Gasteiger partial charge in [0.1, 0.15) is 34.2 Å². The highest BCUT2D eigenvalue weighted by Crippen LogP contribution is 2.41. The Bertz CT molecular complexity index is 2040. The van der Waals surface area contributed by atoms with E-state index in [2.05, 4.69) is 15.4 Å². The summed E-state index contributed by atoms with van der Waals surface area (Å²) in [5.74, 6) is -2.80. The Morgan fingerprint density at radius 2 is 1.81 bits per heavy atom. The second kappa shape index (κ2) is 12.1. The molecule has 0 saturated heterocycles. The van der Waals surface area contributed by atoms with Crippen LogP contribution >= 0.6 is 23.2 Å². The van der Waals surface area contributed by atoms with Gasteiger partial charge in [0.25, 0.3) is 5.91 Å². The van der Waals surface area contributed by atoms with Gasteiger partial charge in [-0.15, -0.1) is 0 Å². The molecule has 6 rings (SSSR count). The number of nitrogens with one attached hydrogen (secondary N) is 1. The molecule has 0 spiro atoms. The van der Waals surface area contributed by atoms with Crippen LogP contribution in [0.2, 0.25) is 10.0 Å². The minimum atomic E-state index is -2.29. The lowest BCUT2D eigenvalue weighted by molar-refractivity contribution is 0.0624. The number of fused-ring (bicyclic) bond motifs is 1. The standard InChI is InChI=1S/C34H29Cl2F3N4O4/c1-33(2,45)23-14-26(41-31(29(23)39)22-9-10-24(38)28(36)27(22)35)34(46,19-5-4-6-20(37)13-19)16-40-32(44)17-11-18-15-43(21-7-8-21)42-30(18)25(12-17)47-3/h4-6,9-15,21,45-46H,7-8,16H2,1-3H3,(H,40,44)/t34-/m1/s1. The van der Waals surface area contributed by atoms with E-state index in [1.807, 2.05) is 10.9 Å². The van der Waals surface area contributed by atoms with Crippen LogP contribution in [0.4, 0.5) is 13.2 Å². The zero-order chi connectivity index (χ0) is 33.8. The van der Waals surface area contributed by atoms with E-state index in [4.69, 9.17) is 27.9 Å². The van der Waals surface area contributed by atoms with Gasteiger partial charge in [-0.2, -0.15) is 5.10 Å². The smallest absolute Gasteiger partial charge is 0.251 e. The minimum Gasteiger partial charge on any atom is -0.494 e. The summed E-state index contributed by atoms with van der Waals surface area (Å²) in [4.78, 5) is 18.0. The lowest BCUT2D eigenvalue weighted by Crippen LogP contribution is -2.43. The van der Waals surface area contributed by atoms with Crippen LogP contribution in [0.1, 0.15) is 59.9 Å². The summed E-state index contributed by atoms with van der Waals surface area (Å²) in [6, 6.07) is 11.7. The number of aromatic nitrogens is 3. The number of methoxy groups -OCH3 is 1. The number of benzene rings is 3. The third-order valence-electron chi connectivity index (χ3n) is 8.13. The maximum Gasteiger partial charge on any atom is 0.251 e. The number of carbonyl (C=O) groups excluding carboxylic acids is 1. The fourth-order valence-electron chi connectivity index (χ4n) is 5.40. The van der Waals surface area contributed by atoms with E-state index < -0.39 is 51.8 Å². The van der Waals surface area contributed by atoms with Gasteiger partial charge in [-0.3, -0.25) is 9.48 Å². The Labute approximate surface area is 277 Å². The summed E-state index contributed by atoms with van der Waals surface area (Å²) in [6.45, 7) is 2.06. The van der Waals surface area contributed by atoms with Crippen LogP contribution < -0.4 is 10.1 Å². The predicted octanol–water partition coefficient (Wildman–Crippen LogP) is 7.06. The molecular weight excluding hydrogens is 656 g/mol. The van der Waals surface area contributed by atoms with Crippen molar-refractivity contribution in [1.82, 2.24) is 20.1 Å². The number of pyridine rings is 1. The average molecular weight is 686 g/mol. The summed E-state index contributed by atoms with van der Waals surface area (Å²) in [5.41, 5.74) is -4.52. The van der Waals surface area contributed by atoms with Gasteiger partial charge < -0.3 is 20.3 Å². The van der Waals surface area contributed by atoms with E-state index in [-0.39, 0.29) is 33.0 Å². The zero-order valence-corrected chi connectivity index (χ0v) is 26.9. The first-order valence-corrected chi connectivity index (χ1v) is 15.4. The lowest BCUT2D eigenvalue weighted by Gasteiger charge is -2.31. The average Bonchev–Trinajstić information content (AvgIpc) is 3.80. The van der Waals surface area contributed by atoms with Crippen LogP contribution in [-0.2, 0) is 11.2 Å². The van der Waals surface area contributed by atoms with E-state index in [0.29, 0.717) is 22.7 Å². The number of carbonyl (C=O) groups is 1. The molecule has 1 amide bonds. The van der Waals surface area contributed by atoms with Crippen molar-refractivity contribution < 1.29 is 32.9 Å². The molecule has 244 valence electrons. The molecule has 0 aliphatic heterocycles. The molecule has 2 heterocycles. The Balaban J connectivity index is 1.46. The van der Waals surface area contributed by atoms with Crippen molar-refractivity contribution in [1.29, 1.82) is 0 Å². The van der Waals surface area contributed by atoms with Crippen molar-refractivity contribution in [2.75, 3.05) is 13.7 Å². The van der Waals surface area contributed by atoms with Gasteiger partial charge in [0.2, 0.25) is 0 Å². The first-order valence-electron chi connectivity index (χ1n) is 14.6.